The largest absolute Gasteiger partial charge is 0.353 e. The molecule has 1 heterocycles. The van der Waals surface area contributed by atoms with Gasteiger partial charge in [0.1, 0.15) is 11.9 Å². The fourth-order valence-electron chi connectivity index (χ4n) is 3.48. The van der Waals surface area contributed by atoms with E-state index < -0.39 is 35.5 Å². The number of fused-ring (bicyclic) bond motifs is 1. The molecule has 162 valence electrons. The number of hydrogen-bond donors (Lipinski definition) is 2. The summed E-state index contributed by atoms with van der Waals surface area (Å²) in [5.41, 5.74) is 1.18. The van der Waals surface area contributed by atoms with E-state index >= 15 is 0 Å². The van der Waals surface area contributed by atoms with Crippen molar-refractivity contribution in [1.29, 1.82) is 0 Å². The van der Waals surface area contributed by atoms with Gasteiger partial charge in [-0.1, -0.05) is 32.0 Å². The van der Waals surface area contributed by atoms with Crippen molar-refractivity contribution in [3.63, 3.8) is 0 Å². The Labute approximate surface area is 179 Å². The molecule has 0 radical (unpaired) electrons. The number of imide groups is 1. The number of nitrogens with one attached hydrogen (secondary N) is 2. The number of amides is 4. The molecule has 3 rings (SSSR count). The van der Waals surface area contributed by atoms with Gasteiger partial charge in [-0.25, -0.2) is 4.39 Å². The maximum Gasteiger partial charge on any atom is 0.262 e. The fourth-order valence-corrected chi connectivity index (χ4v) is 3.48. The Morgan fingerprint density at radius 2 is 1.55 bits per heavy atom. The molecule has 4 amide bonds. The van der Waals surface area contributed by atoms with Crippen LogP contribution in [-0.4, -0.2) is 47.7 Å². The van der Waals surface area contributed by atoms with Gasteiger partial charge < -0.3 is 10.6 Å². The molecule has 0 saturated heterocycles. The number of nitrogens with zero attached hydrogens (tertiary/aromatic N) is 1. The number of carbonyl (C=O) groups excluding carboxylic acids is 4. The summed E-state index contributed by atoms with van der Waals surface area (Å²) in [6.45, 7) is 5.30. The summed E-state index contributed by atoms with van der Waals surface area (Å²) in [7, 11) is 0. The molecular formula is C23H24FN3O4. The van der Waals surface area contributed by atoms with Gasteiger partial charge in [-0.05, 0) is 42.7 Å². The van der Waals surface area contributed by atoms with Crippen LogP contribution in [0.25, 0.3) is 0 Å². The van der Waals surface area contributed by atoms with Gasteiger partial charge >= 0.3 is 0 Å². The summed E-state index contributed by atoms with van der Waals surface area (Å²) in [5, 5.41) is 5.26. The van der Waals surface area contributed by atoms with Crippen LogP contribution in [0.3, 0.4) is 0 Å². The first kappa shape index (κ1) is 22.1. The molecule has 2 aromatic carbocycles. The first-order chi connectivity index (χ1) is 14.7. The van der Waals surface area contributed by atoms with Gasteiger partial charge in [0.15, 0.2) is 0 Å². The third kappa shape index (κ3) is 4.47. The molecule has 0 bridgehead atoms. The molecule has 1 aliphatic rings. The van der Waals surface area contributed by atoms with Crippen LogP contribution in [0.5, 0.6) is 0 Å². The van der Waals surface area contributed by atoms with Crippen LogP contribution in [0.2, 0.25) is 0 Å². The van der Waals surface area contributed by atoms with Crippen molar-refractivity contribution in [2.24, 2.45) is 5.92 Å². The predicted molar refractivity (Wildman–Crippen MR) is 112 cm³/mol. The van der Waals surface area contributed by atoms with Crippen LogP contribution in [-0.2, 0) is 4.79 Å². The van der Waals surface area contributed by atoms with Crippen molar-refractivity contribution < 1.29 is 23.6 Å². The van der Waals surface area contributed by atoms with E-state index in [2.05, 4.69) is 10.6 Å². The number of rotatable bonds is 7. The smallest absolute Gasteiger partial charge is 0.262 e. The van der Waals surface area contributed by atoms with Gasteiger partial charge in [0, 0.05) is 18.7 Å². The Morgan fingerprint density at radius 1 is 0.968 bits per heavy atom. The van der Waals surface area contributed by atoms with Gasteiger partial charge in [0.2, 0.25) is 5.91 Å². The lowest BCUT2D eigenvalue weighted by atomic mass is 10.0. The first-order valence-corrected chi connectivity index (χ1v) is 10.0. The summed E-state index contributed by atoms with van der Waals surface area (Å²) >= 11 is 0. The van der Waals surface area contributed by atoms with E-state index in [-0.39, 0.29) is 35.7 Å². The standard InChI is InChI=1S/C23H24FN3O4/c1-13(2)19(27-22(30)16-6-4-5-7-17(16)23(27)31)21(29)26-11-10-25-20(28)15-9-8-14(3)18(24)12-15/h4-9,12-13,19H,10-11H2,1-3H3,(H,25,28)(H,26,29). The molecule has 0 fully saturated rings. The zero-order chi connectivity index (χ0) is 22.7. The van der Waals surface area contributed by atoms with Crippen molar-refractivity contribution in [2.75, 3.05) is 13.1 Å². The molecule has 1 aliphatic heterocycles. The Bertz CT molecular complexity index is 1020. The number of benzene rings is 2. The monoisotopic (exact) mass is 425 g/mol. The highest BCUT2D eigenvalue weighted by Crippen LogP contribution is 2.27. The molecule has 2 N–H and O–H groups in total. The van der Waals surface area contributed by atoms with Crippen LogP contribution in [0, 0.1) is 18.7 Å². The minimum atomic E-state index is -0.978. The van der Waals surface area contributed by atoms with Crippen molar-refractivity contribution >= 4 is 23.6 Å². The van der Waals surface area contributed by atoms with Crippen LogP contribution >= 0.6 is 0 Å². The molecule has 2 aromatic rings. The normalized spacial score (nSPS) is 13.9. The third-order valence-corrected chi connectivity index (χ3v) is 5.15. The lowest BCUT2D eigenvalue weighted by Crippen LogP contribution is -2.53. The Kier molecular flexibility index (Phi) is 6.48. The van der Waals surface area contributed by atoms with Crippen LogP contribution in [0.15, 0.2) is 42.5 Å². The fraction of sp³-hybridized carbons (Fsp3) is 0.304. The minimum Gasteiger partial charge on any atom is -0.353 e. The topological polar surface area (TPSA) is 95.6 Å². The number of aryl methyl sites for hydroxylation is 1. The van der Waals surface area contributed by atoms with Crippen molar-refractivity contribution in [1.82, 2.24) is 15.5 Å². The van der Waals surface area contributed by atoms with Gasteiger partial charge in [-0.15, -0.1) is 0 Å². The van der Waals surface area contributed by atoms with Crippen LogP contribution in [0.4, 0.5) is 4.39 Å². The lowest BCUT2D eigenvalue weighted by molar-refractivity contribution is -0.126. The SMILES string of the molecule is Cc1ccc(C(=O)NCCNC(=O)C(C(C)C)N2C(=O)c3ccccc3C2=O)cc1F. The number of carbonyl (C=O) groups is 4. The summed E-state index contributed by atoms with van der Waals surface area (Å²) in [4.78, 5) is 51.4. The summed E-state index contributed by atoms with van der Waals surface area (Å²) < 4.78 is 13.6. The zero-order valence-electron chi connectivity index (χ0n) is 17.6. The first-order valence-electron chi connectivity index (χ1n) is 10.0. The highest BCUT2D eigenvalue weighted by molar-refractivity contribution is 6.22. The van der Waals surface area contributed by atoms with Crippen molar-refractivity contribution in [2.45, 2.75) is 26.8 Å². The highest BCUT2D eigenvalue weighted by Gasteiger charge is 2.43. The second-order valence-electron chi connectivity index (χ2n) is 7.73. The average molecular weight is 425 g/mol. The molecule has 7 nitrogen and oxygen atoms in total. The molecule has 0 saturated carbocycles. The van der Waals surface area contributed by atoms with Crippen molar-refractivity contribution in [3.8, 4) is 0 Å². The summed E-state index contributed by atoms with van der Waals surface area (Å²) in [6, 6.07) is 9.67. The van der Waals surface area contributed by atoms with E-state index in [1.807, 2.05) is 0 Å². The number of halogens is 1. The molecule has 1 atom stereocenters. The van der Waals surface area contributed by atoms with E-state index in [0.717, 1.165) is 11.0 Å². The lowest BCUT2D eigenvalue weighted by Gasteiger charge is -2.28. The molecule has 31 heavy (non-hydrogen) atoms. The maximum atomic E-state index is 13.6. The van der Waals surface area contributed by atoms with Crippen LogP contribution < -0.4 is 10.6 Å². The molecule has 1 unspecified atom stereocenters. The van der Waals surface area contributed by atoms with E-state index in [1.54, 1.807) is 45.0 Å². The quantitative estimate of drug-likeness (QED) is 0.526. The molecule has 0 spiro atoms. The Hall–Kier alpha value is -3.55. The number of hydrogen-bond acceptors (Lipinski definition) is 4. The highest BCUT2D eigenvalue weighted by atomic mass is 19.1. The van der Waals surface area contributed by atoms with E-state index in [1.165, 1.54) is 12.1 Å². The second-order valence-corrected chi connectivity index (χ2v) is 7.73. The van der Waals surface area contributed by atoms with E-state index in [0.29, 0.717) is 5.56 Å². The predicted octanol–water partition coefficient (Wildman–Crippen LogP) is 2.30. The maximum absolute atomic E-state index is 13.6. The van der Waals surface area contributed by atoms with Gasteiger partial charge in [0.25, 0.3) is 17.7 Å². The average Bonchev–Trinajstić information content (AvgIpc) is 2.98. The van der Waals surface area contributed by atoms with Gasteiger partial charge in [-0.2, -0.15) is 0 Å². The molecule has 0 aliphatic carbocycles. The minimum absolute atomic E-state index is 0.0886. The molecule has 8 heteroatoms. The zero-order valence-corrected chi connectivity index (χ0v) is 17.6. The summed E-state index contributed by atoms with van der Waals surface area (Å²) in [6.07, 6.45) is 0. The van der Waals surface area contributed by atoms with Gasteiger partial charge in [0.05, 0.1) is 11.1 Å². The third-order valence-electron chi connectivity index (χ3n) is 5.15. The van der Waals surface area contributed by atoms with Crippen molar-refractivity contribution in [3.05, 3.63) is 70.5 Å². The Balaban J connectivity index is 1.59. The summed E-state index contributed by atoms with van der Waals surface area (Å²) in [5.74, 6) is -2.73. The van der Waals surface area contributed by atoms with Gasteiger partial charge in [-0.3, -0.25) is 24.1 Å². The second kappa shape index (κ2) is 9.07. The van der Waals surface area contributed by atoms with E-state index in [4.69, 9.17) is 0 Å². The molecular weight excluding hydrogens is 401 g/mol. The molecule has 0 aromatic heterocycles. The van der Waals surface area contributed by atoms with Crippen LogP contribution in [0.1, 0.15) is 50.5 Å². The Morgan fingerprint density at radius 3 is 2.10 bits per heavy atom. The van der Waals surface area contributed by atoms with E-state index in [9.17, 15) is 23.6 Å².